The lowest BCUT2D eigenvalue weighted by molar-refractivity contribution is 1.02. The molecule has 0 spiro atoms. The molecule has 0 fully saturated rings. The van der Waals surface area contributed by atoms with Crippen LogP contribution in [0.15, 0.2) is 29.8 Å². The van der Waals surface area contributed by atoms with E-state index < -0.39 is 0 Å². The lowest BCUT2D eigenvalue weighted by Gasteiger charge is -2.07. The number of anilines is 1. The number of aryl methyl sites for hydroxylation is 1. The Kier molecular flexibility index (Phi) is 3.73. The van der Waals surface area contributed by atoms with Gasteiger partial charge in [0.2, 0.25) is 0 Å². The van der Waals surface area contributed by atoms with E-state index in [0.717, 1.165) is 18.5 Å². The predicted molar refractivity (Wildman–Crippen MR) is 70.2 cm³/mol. The second-order valence-electron chi connectivity index (χ2n) is 3.72. The van der Waals surface area contributed by atoms with Crippen LogP contribution in [-0.2, 0) is 6.42 Å². The fourth-order valence-corrected chi connectivity index (χ4v) is 2.30. The molecule has 0 aliphatic heterocycles. The minimum Gasteiger partial charge on any atom is -0.369 e. The topological polar surface area (TPSA) is 48.7 Å². The van der Waals surface area contributed by atoms with Crippen LogP contribution in [-0.4, -0.2) is 11.5 Å². The number of nitriles is 1. The molecule has 0 amide bonds. The van der Waals surface area contributed by atoms with E-state index in [2.05, 4.69) is 27.8 Å². The van der Waals surface area contributed by atoms with E-state index in [1.165, 1.54) is 4.88 Å². The Bertz CT molecular complexity index is 526. The molecule has 86 valence electrons. The minimum atomic E-state index is 0.638. The molecule has 2 aromatic heterocycles. The number of rotatable bonds is 4. The van der Waals surface area contributed by atoms with Crippen LogP contribution in [0, 0.1) is 18.3 Å². The lowest BCUT2D eigenvalue weighted by Crippen LogP contribution is -2.07. The van der Waals surface area contributed by atoms with E-state index in [1.807, 2.05) is 19.1 Å². The van der Waals surface area contributed by atoms with Crippen molar-refractivity contribution in [3.63, 3.8) is 0 Å². The van der Waals surface area contributed by atoms with Gasteiger partial charge < -0.3 is 5.32 Å². The van der Waals surface area contributed by atoms with Gasteiger partial charge in [-0.25, -0.2) is 4.98 Å². The average Bonchev–Trinajstić information content (AvgIpc) is 2.82. The Labute approximate surface area is 105 Å². The molecule has 2 heterocycles. The van der Waals surface area contributed by atoms with Crippen LogP contribution < -0.4 is 5.32 Å². The van der Waals surface area contributed by atoms with Crippen LogP contribution in [0.5, 0.6) is 0 Å². The van der Waals surface area contributed by atoms with Gasteiger partial charge in [0, 0.05) is 17.6 Å². The Morgan fingerprint density at radius 3 is 3.06 bits per heavy atom. The van der Waals surface area contributed by atoms with Gasteiger partial charge in [-0.3, -0.25) is 0 Å². The van der Waals surface area contributed by atoms with Gasteiger partial charge in [0.25, 0.3) is 0 Å². The van der Waals surface area contributed by atoms with Crippen molar-refractivity contribution < 1.29 is 0 Å². The van der Waals surface area contributed by atoms with Crippen molar-refractivity contribution in [2.75, 3.05) is 11.9 Å². The van der Waals surface area contributed by atoms with Gasteiger partial charge in [-0.05, 0) is 36.4 Å². The second-order valence-corrected chi connectivity index (χ2v) is 4.75. The Morgan fingerprint density at radius 1 is 1.47 bits per heavy atom. The quantitative estimate of drug-likeness (QED) is 0.898. The number of hydrogen-bond acceptors (Lipinski definition) is 4. The van der Waals surface area contributed by atoms with Crippen LogP contribution in [0.1, 0.15) is 16.0 Å². The van der Waals surface area contributed by atoms with E-state index in [-0.39, 0.29) is 0 Å². The van der Waals surface area contributed by atoms with Crippen molar-refractivity contribution in [1.82, 2.24) is 4.98 Å². The fraction of sp³-hybridized carbons (Fsp3) is 0.231. The summed E-state index contributed by atoms with van der Waals surface area (Å²) >= 11 is 1.75. The van der Waals surface area contributed by atoms with Crippen LogP contribution in [0.4, 0.5) is 5.82 Å². The normalized spacial score (nSPS) is 9.88. The molecule has 0 unspecified atom stereocenters. The highest BCUT2D eigenvalue weighted by molar-refractivity contribution is 7.09. The molecule has 0 saturated carbocycles. The first-order valence-corrected chi connectivity index (χ1v) is 6.31. The summed E-state index contributed by atoms with van der Waals surface area (Å²) in [4.78, 5) is 5.54. The van der Waals surface area contributed by atoms with Gasteiger partial charge in [-0.1, -0.05) is 6.07 Å². The molecule has 0 aliphatic carbocycles. The number of nitrogens with zero attached hydrogens (tertiary/aromatic N) is 2. The highest BCUT2D eigenvalue weighted by Gasteiger charge is 2.05. The van der Waals surface area contributed by atoms with Crippen molar-refractivity contribution >= 4 is 17.2 Å². The maximum absolute atomic E-state index is 9.05. The van der Waals surface area contributed by atoms with E-state index in [9.17, 15) is 0 Å². The highest BCUT2D eigenvalue weighted by atomic mass is 32.1. The summed E-state index contributed by atoms with van der Waals surface area (Å²) in [7, 11) is 0. The minimum absolute atomic E-state index is 0.638. The van der Waals surface area contributed by atoms with Crippen LogP contribution in [0.25, 0.3) is 0 Å². The summed E-state index contributed by atoms with van der Waals surface area (Å²) in [5.74, 6) is 0.684. The van der Waals surface area contributed by atoms with Crippen LogP contribution >= 0.6 is 11.3 Å². The van der Waals surface area contributed by atoms with Crippen molar-refractivity contribution in [1.29, 1.82) is 5.26 Å². The third kappa shape index (κ3) is 2.83. The van der Waals surface area contributed by atoms with Crippen LogP contribution in [0.3, 0.4) is 0 Å². The van der Waals surface area contributed by atoms with Gasteiger partial charge in [-0.2, -0.15) is 5.26 Å². The largest absolute Gasteiger partial charge is 0.369 e. The van der Waals surface area contributed by atoms with E-state index in [1.54, 1.807) is 17.5 Å². The summed E-state index contributed by atoms with van der Waals surface area (Å²) in [5.41, 5.74) is 1.60. The Hall–Kier alpha value is -1.86. The maximum atomic E-state index is 9.05. The van der Waals surface area contributed by atoms with Gasteiger partial charge >= 0.3 is 0 Å². The highest BCUT2D eigenvalue weighted by Crippen LogP contribution is 2.15. The second kappa shape index (κ2) is 5.46. The summed E-state index contributed by atoms with van der Waals surface area (Å²) < 4.78 is 0. The van der Waals surface area contributed by atoms with Gasteiger partial charge in [0.15, 0.2) is 0 Å². The van der Waals surface area contributed by atoms with Gasteiger partial charge in [0.05, 0.1) is 5.56 Å². The molecular formula is C13H13N3S. The lowest BCUT2D eigenvalue weighted by atomic mass is 10.1. The smallest absolute Gasteiger partial charge is 0.144 e. The average molecular weight is 243 g/mol. The molecule has 17 heavy (non-hydrogen) atoms. The number of nitrogens with one attached hydrogen (secondary N) is 1. The van der Waals surface area contributed by atoms with Gasteiger partial charge in [-0.15, -0.1) is 11.3 Å². The summed E-state index contributed by atoms with van der Waals surface area (Å²) in [6.45, 7) is 2.72. The molecule has 0 saturated heterocycles. The van der Waals surface area contributed by atoms with Gasteiger partial charge in [0.1, 0.15) is 11.9 Å². The molecular weight excluding hydrogens is 230 g/mol. The zero-order valence-electron chi connectivity index (χ0n) is 9.60. The van der Waals surface area contributed by atoms with Crippen molar-refractivity contribution in [3.05, 3.63) is 45.8 Å². The maximum Gasteiger partial charge on any atom is 0.144 e. The first kappa shape index (κ1) is 11.6. The zero-order chi connectivity index (χ0) is 12.1. The molecule has 2 rings (SSSR count). The molecule has 0 aromatic carbocycles. The molecule has 1 N–H and O–H groups in total. The monoisotopic (exact) mass is 243 g/mol. The van der Waals surface area contributed by atoms with Crippen molar-refractivity contribution in [2.45, 2.75) is 13.3 Å². The fourth-order valence-electron chi connectivity index (χ4n) is 1.59. The zero-order valence-corrected chi connectivity index (χ0v) is 10.4. The third-order valence-corrected chi connectivity index (χ3v) is 3.45. The molecule has 4 heteroatoms. The van der Waals surface area contributed by atoms with Crippen molar-refractivity contribution in [3.8, 4) is 6.07 Å². The summed E-state index contributed by atoms with van der Waals surface area (Å²) in [5, 5.41) is 14.3. The Balaban J connectivity index is 2.00. The standard InChI is InChI=1S/C13H13N3S/c1-10-4-6-15-13(12(10)9-14)16-7-5-11-3-2-8-17-11/h2-4,6,8H,5,7H2,1H3,(H,15,16). The SMILES string of the molecule is Cc1ccnc(NCCc2cccs2)c1C#N. The van der Waals surface area contributed by atoms with E-state index in [0.29, 0.717) is 11.4 Å². The van der Waals surface area contributed by atoms with E-state index in [4.69, 9.17) is 5.26 Å². The first-order valence-electron chi connectivity index (χ1n) is 5.43. The summed E-state index contributed by atoms with van der Waals surface area (Å²) in [6, 6.07) is 8.19. The molecule has 3 nitrogen and oxygen atoms in total. The van der Waals surface area contributed by atoms with E-state index >= 15 is 0 Å². The number of thiophene rings is 1. The predicted octanol–water partition coefficient (Wildman–Crippen LogP) is 2.98. The third-order valence-electron chi connectivity index (χ3n) is 2.52. The molecule has 0 bridgehead atoms. The molecule has 0 aliphatic rings. The van der Waals surface area contributed by atoms with Crippen LogP contribution in [0.2, 0.25) is 0 Å². The number of pyridine rings is 1. The molecule has 0 radical (unpaired) electrons. The first-order chi connectivity index (χ1) is 8.31. The number of aromatic nitrogens is 1. The number of hydrogen-bond donors (Lipinski definition) is 1. The van der Waals surface area contributed by atoms with Crippen molar-refractivity contribution in [2.24, 2.45) is 0 Å². The Morgan fingerprint density at radius 2 is 2.35 bits per heavy atom. The molecule has 2 aromatic rings. The molecule has 0 atom stereocenters. The summed E-state index contributed by atoms with van der Waals surface area (Å²) in [6.07, 6.45) is 2.68.